The molecule has 0 aliphatic rings. The van der Waals surface area contributed by atoms with Crippen molar-refractivity contribution < 1.29 is 0 Å². The zero-order valence-corrected chi connectivity index (χ0v) is 6.94. The van der Waals surface area contributed by atoms with E-state index in [9.17, 15) is 0 Å². The molecule has 0 bridgehead atoms. The molecule has 0 aromatic heterocycles. The Labute approximate surface area is 53.0 Å². The van der Waals surface area contributed by atoms with Gasteiger partial charge in [0.1, 0.15) is 0 Å². The van der Waals surface area contributed by atoms with Crippen LogP contribution in [0.4, 0.5) is 0 Å². The highest BCUT2D eigenvalue weighted by molar-refractivity contribution is 6.39. The second kappa shape index (κ2) is 2.75. The lowest BCUT2D eigenvalue weighted by Crippen LogP contribution is -2.05. The molecule has 0 amide bonds. The Balaban J connectivity index is 3.15. The smallest absolute Gasteiger partial charge is 0.106 e. The lowest BCUT2D eigenvalue weighted by atomic mass is 10.2. The molecular formula is C6H14Al. The highest BCUT2D eigenvalue weighted by atomic mass is 27.1. The third kappa shape index (κ3) is 6.53. The zero-order chi connectivity index (χ0) is 5.91. The van der Waals surface area contributed by atoms with Gasteiger partial charge in [-0.05, 0) is 0 Å². The summed E-state index contributed by atoms with van der Waals surface area (Å²) in [5.74, 6) is 0. The van der Waals surface area contributed by atoms with Crippen molar-refractivity contribution in [2.45, 2.75) is 37.3 Å². The van der Waals surface area contributed by atoms with E-state index in [1.807, 2.05) is 0 Å². The molecule has 41 valence electrons. The first-order chi connectivity index (χ1) is 3.06. The van der Waals surface area contributed by atoms with Crippen LogP contribution in [0.1, 0.15) is 27.7 Å². The predicted molar refractivity (Wildman–Crippen MR) is 35.9 cm³/mol. The summed E-state index contributed by atoms with van der Waals surface area (Å²) in [6.45, 7) is 9.20. The van der Waals surface area contributed by atoms with Gasteiger partial charge < -0.3 is 0 Å². The van der Waals surface area contributed by atoms with Crippen LogP contribution in [-0.2, 0) is 0 Å². The topological polar surface area (TPSA) is 0 Å². The maximum absolute atomic E-state index is 2.31. The van der Waals surface area contributed by atoms with Crippen LogP contribution in [0.5, 0.6) is 0 Å². The lowest BCUT2D eigenvalue weighted by Gasteiger charge is -2.13. The monoisotopic (exact) mass is 113 g/mol. The first kappa shape index (κ1) is 7.53. The fourth-order valence-electron chi connectivity index (χ4n) is 0.612. The molecule has 0 atom stereocenters. The number of rotatable bonds is 1. The molecule has 0 N–H and O–H groups in total. The van der Waals surface area contributed by atoms with E-state index in [4.69, 9.17) is 0 Å². The van der Waals surface area contributed by atoms with Crippen molar-refractivity contribution in [1.29, 1.82) is 0 Å². The van der Waals surface area contributed by atoms with Crippen LogP contribution in [0, 0.1) is 0 Å². The molecule has 0 saturated heterocycles. The van der Waals surface area contributed by atoms with Gasteiger partial charge in [-0.15, -0.1) is 5.28 Å². The quantitative estimate of drug-likeness (QED) is 0.458. The second-order valence-corrected chi connectivity index (χ2v) is 5.94. The summed E-state index contributed by atoms with van der Waals surface area (Å²) in [7, 11) is 0. The average Bonchev–Trinajstić information content (AvgIpc) is 1.30. The summed E-state index contributed by atoms with van der Waals surface area (Å²) in [5, 5.41) is 1.39. The van der Waals surface area contributed by atoms with Gasteiger partial charge in [0.2, 0.25) is 15.2 Å². The van der Waals surface area contributed by atoms with Crippen LogP contribution in [0.25, 0.3) is 0 Å². The Morgan fingerprint density at radius 3 is 1.71 bits per heavy atom. The van der Waals surface area contributed by atoms with Crippen LogP contribution in [-0.4, -0.2) is 15.2 Å². The van der Waals surface area contributed by atoms with Crippen LogP contribution in [0.2, 0.25) is 9.56 Å². The van der Waals surface area contributed by atoms with Crippen molar-refractivity contribution in [1.82, 2.24) is 0 Å². The van der Waals surface area contributed by atoms with E-state index < -0.39 is 0 Å². The summed E-state index contributed by atoms with van der Waals surface area (Å²) in [4.78, 5) is 0. The predicted octanol–water partition coefficient (Wildman–Crippen LogP) is 2.35. The molecule has 0 unspecified atom stereocenters. The van der Waals surface area contributed by atoms with Gasteiger partial charge in [-0.1, -0.05) is 32.0 Å². The van der Waals surface area contributed by atoms with Crippen LogP contribution in [0.3, 0.4) is 0 Å². The van der Waals surface area contributed by atoms with E-state index in [0.717, 1.165) is 0 Å². The van der Waals surface area contributed by atoms with E-state index in [1.165, 1.54) is 5.28 Å². The molecule has 0 aromatic carbocycles. The third-order valence-corrected chi connectivity index (χ3v) is 2.45. The van der Waals surface area contributed by atoms with Crippen molar-refractivity contribution in [3.05, 3.63) is 0 Å². The molecule has 0 aromatic rings. The van der Waals surface area contributed by atoms with E-state index in [2.05, 4.69) is 27.7 Å². The normalized spacial score (nSPS) is 11.4. The Morgan fingerprint density at radius 1 is 1.29 bits per heavy atom. The number of hydrogen-bond acceptors (Lipinski definition) is 0. The van der Waals surface area contributed by atoms with Crippen molar-refractivity contribution in [3.8, 4) is 0 Å². The van der Waals surface area contributed by atoms with Gasteiger partial charge in [-0.2, -0.15) is 0 Å². The largest absolute Gasteiger partial charge is 0.208 e. The van der Waals surface area contributed by atoms with E-state index >= 15 is 0 Å². The van der Waals surface area contributed by atoms with Gasteiger partial charge in [0.25, 0.3) is 0 Å². The molecule has 0 rings (SSSR count). The molecule has 7 heavy (non-hydrogen) atoms. The van der Waals surface area contributed by atoms with E-state index in [-0.39, 0.29) is 0 Å². The molecule has 0 aliphatic heterocycles. The van der Waals surface area contributed by atoms with Gasteiger partial charge in [0.05, 0.1) is 0 Å². The minimum Gasteiger partial charge on any atom is -0.106 e. The Kier molecular flexibility index (Phi) is 2.96. The molecule has 1 radical (unpaired) electrons. The van der Waals surface area contributed by atoms with Gasteiger partial charge in [-0.3, -0.25) is 0 Å². The first-order valence-electron chi connectivity index (χ1n) is 2.90. The minimum atomic E-state index is 0.634. The molecule has 0 spiro atoms. The zero-order valence-electron chi connectivity index (χ0n) is 5.78. The summed E-state index contributed by atoms with van der Waals surface area (Å²) < 4.78 is 0.634. The molecule has 0 nitrogen and oxygen atoms in total. The minimum absolute atomic E-state index is 0.634. The van der Waals surface area contributed by atoms with E-state index in [1.54, 1.807) is 0 Å². The Hall–Kier alpha value is 0.532. The van der Waals surface area contributed by atoms with Crippen molar-refractivity contribution >= 4 is 15.2 Å². The summed E-state index contributed by atoms with van der Waals surface area (Å²) in [6, 6.07) is 0. The number of hydrogen-bond donors (Lipinski definition) is 0. The third-order valence-electron chi connectivity index (χ3n) is 0.816. The average molecular weight is 113 g/mol. The Bertz CT molecular complexity index is 42.6. The fraction of sp³-hybridized carbons (Fsp3) is 1.00. The fourth-order valence-corrected chi connectivity index (χ4v) is 1.84. The van der Waals surface area contributed by atoms with Crippen molar-refractivity contribution in [2.24, 2.45) is 0 Å². The van der Waals surface area contributed by atoms with Gasteiger partial charge in [-0.25, -0.2) is 0 Å². The van der Waals surface area contributed by atoms with Crippen LogP contribution >= 0.6 is 0 Å². The first-order valence-corrected chi connectivity index (χ1v) is 4.30. The van der Waals surface area contributed by atoms with Crippen molar-refractivity contribution in [3.63, 3.8) is 0 Å². The standard InChI is InChI=1S/C4H9.C2H5.Al/c1-4(2)3;1-2;/h1-3H3;1H2,2H3;. The maximum atomic E-state index is 2.31. The summed E-state index contributed by atoms with van der Waals surface area (Å²) >= 11 is 0.692. The molecule has 0 fully saturated rings. The van der Waals surface area contributed by atoms with Crippen LogP contribution in [0.15, 0.2) is 0 Å². The van der Waals surface area contributed by atoms with Gasteiger partial charge in [0.15, 0.2) is 0 Å². The molecule has 0 heterocycles. The van der Waals surface area contributed by atoms with Crippen LogP contribution < -0.4 is 0 Å². The van der Waals surface area contributed by atoms with E-state index in [0.29, 0.717) is 19.5 Å². The Morgan fingerprint density at radius 2 is 1.71 bits per heavy atom. The molecule has 1 heteroatoms. The lowest BCUT2D eigenvalue weighted by molar-refractivity contribution is 0.750. The molecular weight excluding hydrogens is 99.0 g/mol. The summed E-state index contributed by atoms with van der Waals surface area (Å²) in [5.41, 5.74) is 0. The summed E-state index contributed by atoms with van der Waals surface area (Å²) in [6.07, 6.45) is 0. The molecule has 0 saturated carbocycles. The van der Waals surface area contributed by atoms with Gasteiger partial charge in [0, 0.05) is 0 Å². The highest BCUT2D eigenvalue weighted by Gasteiger charge is 2.08. The maximum Gasteiger partial charge on any atom is 0.208 e. The molecule has 0 aliphatic carbocycles. The SMILES string of the molecule is C[CH2][Al][C](C)(C)C. The van der Waals surface area contributed by atoms with Crippen molar-refractivity contribution in [2.75, 3.05) is 0 Å². The second-order valence-electron chi connectivity index (χ2n) is 2.98. The van der Waals surface area contributed by atoms with Gasteiger partial charge >= 0.3 is 0 Å². The highest BCUT2D eigenvalue weighted by Crippen LogP contribution is 2.20.